The summed E-state index contributed by atoms with van der Waals surface area (Å²) in [6.07, 6.45) is 2.02. The van der Waals surface area contributed by atoms with Crippen LogP contribution in [0.5, 0.6) is 0 Å². The van der Waals surface area contributed by atoms with Gasteiger partial charge in [-0.25, -0.2) is 19.9 Å². The summed E-state index contributed by atoms with van der Waals surface area (Å²) in [7, 11) is 0. The van der Waals surface area contributed by atoms with Crippen LogP contribution in [0.3, 0.4) is 0 Å². The first kappa shape index (κ1) is 27.6. The van der Waals surface area contributed by atoms with Crippen molar-refractivity contribution in [2.45, 2.75) is 0 Å². The first-order valence-electron chi connectivity index (χ1n) is 15.0. The number of imidazole rings is 1. The van der Waals surface area contributed by atoms with E-state index in [1.165, 1.54) is 0 Å². The highest BCUT2D eigenvalue weighted by Gasteiger charge is 2.20. The summed E-state index contributed by atoms with van der Waals surface area (Å²) in [6, 6.07) is 50.7. The number of aromatic nitrogens is 5. The minimum atomic E-state index is 0.545. The van der Waals surface area contributed by atoms with Crippen LogP contribution in [0, 0.1) is 0 Å². The van der Waals surface area contributed by atoms with Gasteiger partial charge in [0.2, 0.25) is 0 Å². The van der Waals surface area contributed by atoms with Crippen molar-refractivity contribution in [2.75, 3.05) is 0 Å². The number of hydrogen-bond acceptors (Lipinski definition) is 4. The molecule has 0 aliphatic rings. The number of nitrogens with zero attached hydrogens (tertiary/aromatic N) is 5. The molecule has 5 nitrogen and oxygen atoms in total. The van der Waals surface area contributed by atoms with E-state index in [0.717, 1.165) is 56.0 Å². The third kappa shape index (κ3) is 5.23. The fraction of sp³-hybridized carbons (Fsp3) is 0. The molecule has 0 N–H and O–H groups in total. The lowest BCUT2D eigenvalue weighted by atomic mass is 10.0. The predicted octanol–water partition coefficient (Wildman–Crippen LogP) is 10.2. The van der Waals surface area contributed by atoms with Gasteiger partial charge in [0, 0.05) is 34.0 Å². The SMILES string of the molecule is Clc1cc(-c2nc(-c3ccccc3)nc(-c3cccc(-c4ccccc4)c3)n2)ccc1-c1c(-c2ccccc2)nc2ccccn12. The average molecular weight is 612 g/mol. The molecule has 0 atom stereocenters. The molecule has 3 heterocycles. The van der Waals surface area contributed by atoms with Gasteiger partial charge in [0.1, 0.15) is 5.65 Å². The molecular formula is C40H26ClN5. The van der Waals surface area contributed by atoms with Crippen molar-refractivity contribution in [3.05, 3.63) is 163 Å². The summed E-state index contributed by atoms with van der Waals surface area (Å²) < 4.78 is 2.08. The number of pyridine rings is 1. The summed E-state index contributed by atoms with van der Waals surface area (Å²) in [6.45, 7) is 0. The van der Waals surface area contributed by atoms with Crippen LogP contribution >= 0.6 is 11.6 Å². The Morgan fingerprint density at radius 3 is 1.63 bits per heavy atom. The molecule has 0 radical (unpaired) electrons. The van der Waals surface area contributed by atoms with Crippen LogP contribution in [0.25, 0.3) is 73.5 Å². The fourth-order valence-electron chi connectivity index (χ4n) is 5.72. The molecule has 0 bridgehead atoms. The second-order valence-corrected chi connectivity index (χ2v) is 11.3. The van der Waals surface area contributed by atoms with Crippen LogP contribution in [0.4, 0.5) is 0 Å². The molecule has 8 rings (SSSR count). The van der Waals surface area contributed by atoms with E-state index in [4.69, 9.17) is 31.5 Å². The molecule has 0 aliphatic carbocycles. The molecule has 0 spiro atoms. The second-order valence-electron chi connectivity index (χ2n) is 10.9. The largest absolute Gasteiger partial charge is 0.299 e. The molecule has 46 heavy (non-hydrogen) atoms. The molecule has 8 aromatic rings. The Morgan fingerprint density at radius 2 is 0.957 bits per heavy atom. The van der Waals surface area contributed by atoms with E-state index >= 15 is 0 Å². The maximum absolute atomic E-state index is 7.12. The number of benzene rings is 5. The molecule has 0 aliphatic heterocycles. The number of rotatable bonds is 6. The van der Waals surface area contributed by atoms with Crippen molar-refractivity contribution < 1.29 is 0 Å². The Labute approximate surface area is 271 Å². The predicted molar refractivity (Wildman–Crippen MR) is 186 cm³/mol. The zero-order valence-electron chi connectivity index (χ0n) is 24.6. The van der Waals surface area contributed by atoms with Crippen LogP contribution in [0.15, 0.2) is 158 Å². The van der Waals surface area contributed by atoms with Crippen molar-refractivity contribution in [1.82, 2.24) is 24.3 Å². The van der Waals surface area contributed by atoms with Gasteiger partial charge in [-0.3, -0.25) is 4.40 Å². The summed E-state index contributed by atoms with van der Waals surface area (Å²) in [5, 5.41) is 0.578. The lowest BCUT2D eigenvalue weighted by molar-refractivity contribution is 1.07. The minimum absolute atomic E-state index is 0.545. The molecule has 218 valence electrons. The molecule has 3 aromatic heterocycles. The van der Waals surface area contributed by atoms with Crippen molar-refractivity contribution >= 4 is 17.2 Å². The van der Waals surface area contributed by atoms with Crippen LogP contribution in [0.2, 0.25) is 5.02 Å². The van der Waals surface area contributed by atoms with Crippen molar-refractivity contribution in [3.8, 4) is 67.8 Å². The zero-order valence-corrected chi connectivity index (χ0v) is 25.4. The van der Waals surface area contributed by atoms with E-state index in [2.05, 4.69) is 40.8 Å². The molecule has 0 amide bonds. The zero-order chi connectivity index (χ0) is 30.9. The van der Waals surface area contributed by atoms with E-state index in [0.29, 0.717) is 22.5 Å². The van der Waals surface area contributed by atoms with Gasteiger partial charge in [-0.05, 0) is 35.4 Å². The van der Waals surface area contributed by atoms with Crippen LogP contribution in [-0.2, 0) is 0 Å². The maximum atomic E-state index is 7.12. The Kier molecular flexibility index (Phi) is 7.14. The van der Waals surface area contributed by atoms with Crippen molar-refractivity contribution in [2.24, 2.45) is 0 Å². The van der Waals surface area contributed by atoms with Gasteiger partial charge in [0.15, 0.2) is 17.5 Å². The Morgan fingerprint density at radius 1 is 0.413 bits per heavy atom. The lowest BCUT2D eigenvalue weighted by Gasteiger charge is -2.12. The molecule has 0 saturated carbocycles. The number of hydrogen-bond donors (Lipinski definition) is 0. The first-order valence-corrected chi connectivity index (χ1v) is 15.4. The van der Waals surface area contributed by atoms with Gasteiger partial charge in [-0.1, -0.05) is 139 Å². The average Bonchev–Trinajstić information content (AvgIpc) is 3.52. The fourth-order valence-corrected chi connectivity index (χ4v) is 5.99. The number of halogens is 1. The molecule has 5 aromatic carbocycles. The van der Waals surface area contributed by atoms with E-state index in [-0.39, 0.29) is 0 Å². The minimum Gasteiger partial charge on any atom is -0.299 e. The van der Waals surface area contributed by atoms with Crippen LogP contribution < -0.4 is 0 Å². The van der Waals surface area contributed by atoms with Gasteiger partial charge < -0.3 is 0 Å². The van der Waals surface area contributed by atoms with Gasteiger partial charge in [0.25, 0.3) is 0 Å². The van der Waals surface area contributed by atoms with Crippen molar-refractivity contribution in [1.29, 1.82) is 0 Å². The van der Waals surface area contributed by atoms with Gasteiger partial charge in [-0.15, -0.1) is 0 Å². The van der Waals surface area contributed by atoms with Gasteiger partial charge >= 0.3 is 0 Å². The van der Waals surface area contributed by atoms with E-state index < -0.39 is 0 Å². The van der Waals surface area contributed by atoms with Gasteiger partial charge in [0.05, 0.1) is 16.4 Å². The second kappa shape index (κ2) is 11.9. The third-order valence-corrected chi connectivity index (χ3v) is 8.27. The quantitative estimate of drug-likeness (QED) is 0.188. The van der Waals surface area contributed by atoms with E-state index in [1.807, 2.05) is 121 Å². The summed E-state index contributed by atoms with van der Waals surface area (Å²) >= 11 is 7.12. The molecule has 0 fully saturated rings. The Balaban J connectivity index is 1.26. The van der Waals surface area contributed by atoms with Gasteiger partial charge in [-0.2, -0.15) is 0 Å². The molecule has 0 unspecified atom stereocenters. The topological polar surface area (TPSA) is 56.0 Å². The standard InChI is InChI=1S/C40H26ClN5/c41-34-26-32(22-23-33(34)37-36(28-15-6-2-7-16-28)42-35-21-10-11-24-46(35)37)40-44-38(29-17-8-3-9-18-29)43-39(45-40)31-20-12-19-30(25-31)27-13-4-1-5-14-27/h1-26H. The highest BCUT2D eigenvalue weighted by molar-refractivity contribution is 6.33. The lowest BCUT2D eigenvalue weighted by Crippen LogP contribution is -2.00. The summed E-state index contributed by atoms with van der Waals surface area (Å²) in [4.78, 5) is 19.8. The van der Waals surface area contributed by atoms with E-state index in [1.54, 1.807) is 0 Å². The third-order valence-electron chi connectivity index (χ3n) is 7.95. The normalized spacial score (nSPS) is 11.2. The molecule has 6 heteroatoms. The van der Waals surface area contributed by atoms with Crippen LogP contribution in [-0.4, -0.2) is 24.3 Å². The van der Waals surface area contributed by atoms with Crippen LogP contribution in [0.1, 0.15) is 0 Å². The Hall–Kier alpha value is -5.91. The summed E-state index contributed by atoms with van der Waals surface area (Å²) in [5.41, 5.74) is 9.38. The smallest absolute Gasteiger partial charge is 0.164 e. The molecular weight excluding hydrogens is 586 g/mol. The Bertz CT molecular complexity index is 2320. The molecule has 0 saturated heterocycles. The highest BCUT2D eigenvalue weighted by Crippen LogP contribution is 2.38. The van der Waals surface area contributed by atoms with E-state index in [9.17, 15) is 0 Å². The highest BCUT2D eigenvalue weighted by atomic mass is 35.5. The number of fused-ring (bicyclic) bond motifs is 1. The van der Waals surface area contributed by atoms with Crippen molar-refractivity contribution in [3.63, 3.8) is 0 Å². The summed E-state index contributed by atoms with van der Waals surface area (Å²) in [5.74, 6) is 1.73. The maximum Gasteiger partial charge on any atom is 0.164 e. The monoisotopic (exact) mass is 611 g/mol. The first-order chi connectivity index (χ1) is 22.7.